The SMILES string of the molecule is NC(=O)c1ccccc1NC(=O)COc1ccccc1Cc1ccccc1. The van der Waals surface area contributed by atoms with E-state index in [9.17, 15) is 9.59 Å². The van der Waals surface area contributed by atoms with Crippen molar-refractivity contribution in [3.8, 4) is 5.75 Å². The predicted molar refractivity (Wildman–Crippen MR) is 105 cm³/mol. The first kappa shape index (κ1) is 18.2. The largest absolute Gasteiger partial charge is 0.483 e. The van der Waals surface area contributed by atoms with Gasteiger partial charge in [-0.25, -0.2) is 0 Å². The lowest BCUT2D eigenvalue weighted by molar-refractivity contribution is -0.118. The Kier molecular flexibility index (Phi) is 5.84. The summed E-state index contributed by atoms with van der Waals surface area (Å²) in [6.07, 6.45) is 0.711. The number of carbonyl (C=O) groups excluding carboxylic acids is 2. The van der Waals surface area contributed by atoms with Crippen molar-refractivity contribution in [2.75, 3.05) is 11.9 Å². The van der Waals surface area contributed by atoms with Crippen LogP contribution in [-0.4, -0.2) is 18.4 Å². The molecule has 136 valence electrons. The molecule has 0 fully saturated rings. The van der Waals surface area contributed by atoms with Crippen LogP contribution in [0, 0.1) is 0 Å². The van der Waals surface area contributed by atoms with Gasteiger partial charge < -0.3 is 15.8 Å². The molecule has 5 nitrogen and oxygen atoms in total. The molecule has 27 heavy (non-hydrogen) atoms. The fourth-order valence-electron chi connectivity index (χ4n) is 2.74. The Labute approximate surface area is 157 Å². The molecule has 0 spiro atoms. The van der Waals surface area contributed by atoms with Gasteiger partial charge in [0.2, 0.25) is 0 Å². The van der Waals surface area contributed by atoms with Gasteiger partial charge in [0.05, 0.1) is 11.3 Å². The third-order valence-corrected chi connectivity index (χ3v) is 4.04. The molecule has 0 saturated heterocycles. The highest BCUT2D eigenvalue weighted by Crippen LogP contribution is 2.21. The molecule has 0 saturated carbocycles. The molecule has 0 bridgehead atoms. The van der Waals surface area contributed by atoms with E-state index in [1.165, 1.54) is 0 Å². The van der Waals surface area contributed by atoms with Crippen LogP contribution in [0.15, 0.2) is 78.9 Å². The maximum Gasteiger partial charge on any atom is 0.262 e. The fourth-order valence-corrected chi connectivity index (χ4v) is 2.74. The van der Waals surface area contributed by atoms with Crippen LogP contribution in [0.5, 0.6) is 5.75 Å². The summed E-state index contributed by atoms with van der Waals surface area (Å²) >= 11 is 0. The number of anilines is 1. The topological polar surface area (TPSA) is 81.4 Å². The molecule has 3 N–H and O–H groups in total. The van der Waals surface area contributed by atoms with Gasteiger partial charge in [0, 0.05) is 6.42 Å². The monoisotopic (exact) mass is 360 g/mol. The Bertz CT molecular complexity index is 939. The molecule has 2 amide bonds. The van der Waals surface area contributed by atoms with E-state index in [0.29, 0.717) is 17.9 Å². The summed E-state index contributed by atoms with van der Waals surface area (Å²) in [7, 11) is 0. The highest BCUT2D eigenvalue weighted by atomic mass is 16.5. The second kappa shape index (κ2) is 8.67. The predicted octanol–water partition coefficient (Wildman–Crippen LogP) is 3.39. The smallest absolute Gasteiger partial charge is 0.262 e. The highest BCUT2D eigenvalue weighted by molar-refractivity contribution is 6.03. The standard InChI is InChI=1S/C22H20N2O3/c23-22(26)18-11-5-6-12-19(18)24-21(25)15-27-20-13-7-4-10-17(20)14-16-8-2-1-3-9-16/h1-13H,14-15H2,(H2,23,26)(H,24,25). The number of nitrogens with one attached hydrogen (secondary N) is 1. The Hall–Kier alpha value is -3.60. The quantitative estimate of drug-likeness (QED) is 0.678. The summed E-state index contributed by atoms with van der Waals surface area (Å²) in [4.78, 5) is 23.7. The summed E-state index contributed by atoms with van der Waals surface area (Å²) < 4.78 is 5.72. The molecule has 0 aliphatic heterocycles. The number of benzene rings is 3. The zero-order valence-corrected chi connectivity index (χ0v) is 14.7. The molecule has 0 heterocycles. The molecule has 5 heteroatoms. The number of amides is 2. The fraction of sp³-hybridized carbons (Fsp3) is 0.0909. The number of rotatable bonds is 7. The molecular weight excluding hydrogens is 340 g/mol. The number of para-hydroxylation sites is 2. The second-order valence-corrected chi connectivity index (χ2v) is 6.02. The third-order valence-electron chi connectivity index (χ3n) is 4.04. The van der Waals surface area contributed by atoms with E-state index >= 15 is 0 Å². The van der Waals surface area contributed by atoms with Crippen LogP contribution in [0.1, 0.15) is 21.5 Å². The van der Waals surface area contributed by atoms with Gasteiger partial charge in [-0.15, -0.1) is 0 Å². The van der Waals surface area contributed by atoms with Crippen LogP contribution in [0.4, 0.5) is 5.69 Å². The summed E-state index contributed by atoms with van der Waals surface area (Å²) in [5.74, 6) is -0.307. The lowest BCUT2D eigenvalue weighted by Gasteiger charge is -2.13. The van der Waals surface area contributed by atoms with Gasteiger partial charge in [-0.05, 0) is 29.3 Å². The molecule has 3 aromatic rings. The van der Waals surface area contributed by atoms with Crippen LogP contribution in [0.2, 0.25) is 0 Å². The molecule has 0 aliphatic carbocycles. The molecule has 0 aromatic heterocycles. The first-order chi connectivity index (χ1) is 13.1. The maximum absolute atomic E-state index is 12.2. The van der Waals surface area contributed by atoms with Crippen molar-refractivity contribution < 1.29 is 14.3 Å². The normalized spacial score (nSPS) is 10.2. The van der Waals surface area contributed by atoms with E-state index in [-0.39, 0.29) is 18.1 Å². The Morgan fingerprint density at radius 3 is 2.30 bits per heavy atom. The van der Waals surface area contributed by atoms with Crippen molar-refractivity contribution in [2.45, 2.75) is 6.42 Å². The Morgan fingerprint density at radius 1 is 0.852 bits per heavy atom. The highest BCUT2D eigenvalue weighted by Gasteiger charge is 2.12. The van der Waals surface area contributed by atoms with Gasteiger partial charge in [-0.3, -0.25) is 9.59 Å². The number of hydrogen-bond donors (Lipinski definition) is 2. The van der Waals surface area contributed by atoms with Crippen LogP contribution in [-0.2, 0) is 11.2 Å². The second-order valence-electron chi connectivity index (χ2n) is 6.02. The minimum Gasteiger partial charge on any atom is -0.483 e. The van der Waals surface area contributed by atoms with E-state index in [1.807, 2.05) is 54.6 Å². The van der Waals surface area contributed by atoms with Crippen LogP contribution in [0.3, 0.4) is 0 Å². The lowest BCUT2D eigenvalue weighted by Crippen LogP contribution is -2.23. The van der Waals surface area contributed by atoms with Gasteiger partial charge in [-0.1, -0.05) is 60.7 Å². The molecule has 0 aliphatic rings. The van der Waals surface area contributed by atoms with Crippen molar-refractivity contribution in [3.05, 3.63) is 95.6 Å². The number of hydrogen-bond acceptors (Lipinski definition) is 3. The summed E-state index contributed by atoms with van der Waals surface area (Å²) in [6.45, 7) is -0.168. The molecule has 3 rings (SSSR count). The van der Waals surface area contributed by atoms with E-state index in [2.05, 4.69) is 5.32 Å². The molecule has 0 radical (unpaired) electrons. The first-order valence-electron chi connectivity index (χ1n) is 8.57. The van der Waals surface area contributed by atoms with Crippen LogP contribution >= 0.6 is 0 Å². The molecule has 0 unspecified atom stereocenters. The number of primary amides is 1. The Balaban J connectivity index is 1.65. The van der Waals surface area contributed by atoms with Gasteiger partial charge >= 0.3 is 0 Å². The number of nitrogens with two attached hydrogens (primary N) is 1. The van der Waals surface area contributed by atoms with E-state index in [0.717, 1.165) is 11.1 Å². The average Bonchev–Trinajstić information content (AvgIpc) is 2.68. The van der Waals surface area contributed by atoms with Gasteiger partial charge in [0.1, 0.15) is 5.75 Å². The van der Waals surface area contributed by atoms with Crippen molar-refractivity contribution in [1.29, 1.82) is 0 Å². The zero-order valence-electron chi connectivity index (χ0n) is 14.7. The number of ether oxygens (including phenoxy) is 1. The summed E-state index contributed by atoms with van der Waals surface area (Å²) in [6, 6.07) is 24.3. The van der Waals surface area contributed by atoms with E-state index < -0.39 is 5.91 Å². The molecular formula is C22H20N2O3. The molecule has 0 atom stereocenters. The van der Waals surface area contributed by atoms with E-state index in [4.69, 9.17) is 10.5 Å². The lowest BCUT2D eigenvalue weighted by atomic mass is 10.0. The van der Waals surface area contributed by atoms with Gasteiger partial charge in [0.25, 0.3) is 11.8 Å². The summed E-state index contributed by atoms with van der Waals surface area (Å²) in [5, 5.41) is 2.67. The van der Waals surface area contributed by atoms with Crippen molar-refractivity contribution in [2.24, 2.45) is 5.73 Å². The number of carbonyl (C=O) groups is 2. The molecule has 3 aromatic carbocycles. The first-order valence-corrected chi connectivity index (χ1v) is 8.57. The van der Waals surface area contributed by atoms with Crippen molar-refractivity contribution in [3.63, 3.8) is 0 Å². The Morgan fingerprint density at radius 2 is 1.52 bits per heavy atom. The average molecular weight is 360 g/mol. The van der Waals surface area contributed by atoms with Crippen LogP contribution < -0.4 is 15.8 Å². The third kappa shape index (κ3) is 4.95. The van der Waals surface area contributed by atoms with Crippen LogP contribution in [0.25, 0.3) is 0 Å². The minimum absolute atomic E-state index is 0.168. The van der Waals surface area contributed by atoms with E-state index in [1.54, 1.807) is 24.3 Å². The maximum atomic E-state index is 12.2. The van der Waals surface area contributed by atoms with Crippen molar-refractivity contribution in [1.82, 2.24) is 0 Å². The zero-order chi connectivity index (χ0) is 19.1. The van der Waals surface area contributed by atoms with Gasteiger partial charge in [0.15, 0.2) is 6.61 Å². The minimum atomic E-state index is -0.597. The summed E-state index contributed by atoms with van der Waals surface area (Å²) in [5.41, 5.74) is 8.11. The van der Waals surface area contributed by atoms with Crippen molar-refractivity contribution >= 4 is 17.5 Å². The van der Waals surface area contributed by atoms with Gasteiger partial charge in [-0.2, -0.15) is 0 Å².